The zero-order chi connectivity index (χ0) is 17.4. The maximum Gasteiger partial charge on any atom is 0.416 e. The van der Waals surface area contributed by atoms with Crippen LogP contribution in [0.2, 0.25) is 5.15 Å². The zero-order valence-electron chi connectivity index (χ0n) is 11.9. The molecule has 11 heteroatoms. The van der Waals surface area contributed by atoms with Crippen molar-refractivity contribution in [1.82, 2.24) is 15.1 Å². The zero-order valence-corrected chi connectivity index (χ0v) is 12.7. The van der Waals surface area contributed by atoms with Crippen molar-refractivity contribution in [2.45, 2.75) is 24.7 Å². The van der Waals surface area contributed by atoms with E-state index in [1.54, 1.807) is 0 Å². The molecule has 128 valence electrons. The van der Waals surface area contributed by atoms with Crippen LogP contribution in [-0.4, -0.2) is 45.7 Å². The summed E-state index contributed by atoms with van der Waals surface area (Å²) in [5.74, 6) is -1.03. The van der Waals surface area contributed by atoms with Crippen molar-refractivity contribution < 1.29 is 27.8 Å². The number of ether oxygens (including phenoxy) is 1. The molecule has 2 rings (SSSR count). The Hall–Kier alpha value is -1.65. The Labute approximate surface area is 133 Å². The molecular weight excluding hydrogens is 343 g/mol. The molecule has 7 nitrogen and oxygen atoms in total. The molecule has 0 unspecified atom stereocenters. The predicted octanol–water partition coefficient (Wildman–Crippen LogP) is -0.0840. The van der Waals surface area contributed by atoms with E-state index in [1.807, 2.05) is 5.32 Å². The Bertz CT molecular complexity index is 685. The average molecular weight is 356 g/mol. The van der Waals surface area contributed by atoms with E-state index >= 15 is 0 Å². The van der Waals surface area contributed by atoms with E-state index in [2.05, 4.69) is 9.84 Å². The topological polar surface area (TPSA) is 93.4 Å². The number of nitrogens with one attached hydrogen (secondary N) is 1. The number of aliphatic hydroxyl groups is 1. The number of amides is 1. The normalized spacial score (nSPS) is 16.8. The van der Waals surface area contributed by atoms with Crippen LogP contribution < -0.4 is 10.9 Å². The van der Waals surface area contributed by atoms with Gasteiger partial charge >= 0.3 is 6.18 Å². The van der Waals surface area contributed by atoms with Gasteiger partial charge < -0.3 is 15.2 Å². The number of hydrogen-bond donors (Lipinski definition) is 2. The first kappa shape index (κ1) is 17.7. The van der Waals surface area contributed by atoms with Gasteiger partial charge in [0.15, 0.2) is 10.7 Å². The molecular formula is C12H13ClF3N3O4. The number of aromatic nitrogens is 2. The third kappa shape index (κ3) is 3.19. The fourth-order valence-corrected chi connectivity index (χ4v) is 2.40. The number of alkyl halides is 3. The van der Waals surface area contributed by atoms with Crippen LogP contribution >= 0.6 is 11.6 Å². The van der Waals surface area contributed by atoms with Crippen molar-refractivity contribution in [2.24, 2.45) is 7.05 Å². The summed E-state index contributed by atoms with van der Waals surface area (Å²) >= 11 is 5.77. The highest BCUT2D eigenvalue weighted by atomic mass is 35.5. The van der Waals surface area contributed by atoms with Crippen LogP contribution in [0, 0.1) is 0 Å². The second-order valence-electron chi connectivity index (χ2n) is 5.13. The first-order valence-corrected chi connectivity index (χ1v) is 6.80. The van der Waals surface area contributed by atoms with E-state index in [1.165, 1.54) is 7.05 Å². The Morgan fingerprint density at radius 3 is 2.52 bits per heavy atom. The molecule has 1 saturated heterocycles. The molecule has 0 spiro atoms. The van der Waals surface area contributed by atoms with Crippen LogP contribution in [0.25, 0.3) is 0 Å². The van der Waals surface area contributed by atoms with Crippen molar-refractivity contribution in [3.8, 4) is 0 Å². The van der Waals surface area contributed by atoms with Gasteiger partial charge in [0.05, 0.1) is 26.2 Å². The Morgan fingerprint density at radius 1 is 1.48 bits per heavy atom. The number of rotatable bonds is 4. The fourth-order valence-electron chi connectivity index (χ4n) is 2.11. The molecule has 2 N–H and O–H groups in total. The molecule has 0 bridgehead atoms. The molecule has 1 amide bonds. The van der Waals surface area contributed by atoms with Crippen molar-refractivity contribution in [3.05, 3.63) is 26.6 Å². The summed E-state index contributed by atoms with van der Waals surface area (Å²) < 4.78 is 44.3. The molecule has 0 saturated carbocycles. The fraction of sp³-hybridized carbons (Fsp3) is 0.583. The number of aliphatic hydroxyl groups excluding tert-OH is 1. The summed E-state index contributed by atoms with van der Waals surface area (Å²) in [4.78, 5) is 23.9. The molecule has 0 aromatic carbocycles. The van der Waals surface area contributed by atoms with Crippen LogP contribution in [0.3, 0.4) is 0 Å². The van der Waals surface area contributed by atoms with Gasteiger partial charge in [-0.25, -0.2) is 4.68 Å². The summed E-state index contributed by atoms with van der Waals surface area (Å²) in [7, 11) is 1.27. The van der Waals surface area contributed by atoms with E-state index in [4.69, 9.17) is 11.6 Å². The Balaban J connectivity index is 2.26. The SMILES string of the molecule is Cn1nc(Cl)c(CO)c(CC(=O)NC2(C(F)(F)F)COC2)c1=O. The van der Waals surface area contributed by atoms with Crippen molar-refractivity contribution in [3.63, 3.8) is 0 Å². The van der Waals surface area contributed by atoms with Crippen molar-refractivity contribution >= 4 is 17.5 Å². The van der Waals surface area contributed by atoms with Gasteiger partial charge in [0, 0.05) is 18.2 Å². The lowest BCUT2D eigenvalue weighted by Gasteiger charge is -2.42. The number of nitrogens with zero attached hydrogens (tertiary/aromatic N) is 2. The molecule has 0 radical (unpaired) electrons. The highest BCUT2D eigenvalue weighted by Crippen LogP contribution is 2.36. The van der Waals surface area contributed by atoms with Gasteiger partial charge in [0.1, 0.15) is 0 Å². The first-order valence-electron chi connectivity index (χ1n) is 6.42. The van der Waals surface area contributed by atoms with Gasteiger partial charge in [-0.15, -0.1) is 0 Å². The lowest BCUT2D eigenvalue weighted by Crippen LogP contribution is -2.70. The van der Waals surface area contributed by atoms with E-state index in [-0.39, 0.29) is 16.3 Å². The molecule has 2 heterocycles. The summed E-state index contributed by atoms with van der Waals surface area (Å²) in [6.07, 6.45) is -5.34. The van der Waals surface area contributed by atoms with Crippen LogP contribution in [0.1, 0.15) is 11.1 Å². The van der Waals surface area contributed by atoms with Crippen LogP contribution in [-0.2, 0) is 29.6 Å². The van der Waals surface area contributed by atoms with Gasteiger partial charge in [-0.3, -0.25) is 9.59 Å². The van der Waals surface area contributed by atoms with E-state index < -0.39 is 49.4 Å². The number of carbonyl (C=O) groups excluding carboxylic acids is 1. The minimum Gasteiger partial charge on any atom is -0.392 e. The highest BCUT2D eigenvalue weighted by molar-refractivity contribution is 6.30. The quantitative estimate of drug-likeness (QED) is 0.788. The smallest absolute Gasteiger partial charge is 0.392 e. The minimum atomic E-state index is -4.68. The van der Waals surface area contributed by atoms with Gasteiger partial charge in [-0.1, -0.05) is 11.6 Å². The van der Waals surface area contributed by atoms with Gasteiger partial charge in [0.2, 0.25) is 5.91 Å². The number of hydrogen-bond acceptors (Lipinski definition) is 5. The lowest BCUT2D eigenvalue weighted by atomic mass is 9.96. The molecule has 1 aliphatic rings. The summed E-state index contributed by atoms with van der Waals surface area (Å²) in [6.45, 7) is -2.05. The maximum atomic E-state index is 13.0. The summed E-state index contributed by atoms with van der Waals surface area (Å²) in [5, 5.41) is 14.5. The maximum absolute atomic E-state index is 13.0. The standard InChI is InChI=1S/C12H13ClF3N3O4/c1-19-10(22)6(7(3-20)9(13)18-19)2-8(21)17-11(4-23-5-11)12(14,15)16/h20H,2-5H2,1H3,(H,17,21). The van der Waals surface area contributed by atoms with Crippen molar-refractivity contribution in [2.75, 3.05) is 13.2 Å². The summed E-state index contributed by atoms with van der Waals surface area (Å²) in [6, 6.07) is 0. The third-order valence-electron chi connectivity index (χ3n) is 3.52. The van der Waals surface area contributed by atoms with Gasteiger partial charge in [-0.05, 0) is 0 Å². The van der Waals surface area contributed by atoms with E-state index in [0.717, 1.165) is 4.68 Å². The molecule has 1 aromatic heterocycles. The Kier molecular flexibility index (Phi) is 4.69. The van der Waals surface area contributed by atoms with E-state index in [0.29, 0.717) is 0 Å². The average Bonchev–Trinajstić information content (AvgIpc) is 2.38. The lowest BCUT2D eigenvalue weighted by molar-refractivity contribution is -0.266. The Morgan fingerprint density at radius 2 is 2.09 bits per heavy atom. The largest absolute Gasteiger partial charge is 0.416 e. The number of aryl methyl sites for hydroxylation is 1. The summed E-state index contributed by atoms with van der Waals surface area (Å²) in [5.41, 5.74) is -3.47. The van der Waals surface area contributed by atoms with Gasteiger partial charge in [-0.2, -0.15) is 18.3 Å². The second kappa shape index (κ2) is 6.10. The second-order valence-corrected chi connectivity index (χ2v) is 5.49. The molecule has 0 atom stereocenters. The van der Waals surface area contributed by atoms with Crippen LogP contribution in [0.4, 0.5) is 13.2 Å². The first-order chi connectivity index (χ1) is 10.6. The molecule has 1 aliphatic heterocycles. The molecule has 1 fully saturated rings. The van der Waals surface area contributed by atoms with Crippen LogP contribution in [0.15, 0.2) is 4.79 Å². The minimum absolute atomic E-state index is 0.0872. The number of carbonyl (C=O) groups is 1. The number of halogens is 4. The highest BCUT2D eigenvalue weighted by Gasteiger charge is 2.61. The van der Waals surface area contributed by atoms with E-state index in [9.17, 15) is 27.9 Å². The molecule has 1 aromatic rings. The molecule has 0 aliphatic carbocycles. The van der Waals surface area contributed by atoms with Crippen molar-refractivity contribution in [1.29, 1.82) is 0 Å². The van der Waals surface area contributed by atoms with Gasteiger partial charge in [0.25, 0.3) is 5.56 Å². The van der Waals surface area contributed by atoms with Crippen LogP contribution in [0.5, 0.6) is 0 Å². The molecule has 23 heavy (non-hydrogen) atoms. The monoisotopic (exact) mass is 355 g/mol. The third-order valence-corrected chi connectivity index (χ3v) is 3.82. The predicted molar refractivity (Wildman–Crippen MR) is 71.9 cm³/mol.